The molecule has 1 aliphatic rings. The number of fused-ring (bicyclic) bond motifs is 1. The van der Waals surface area contributed by atoms with Crippen molar-refractivity contribution in [3.63, 3.8) is 0 Å². The SMILES string of the molecule is COc1ccc(S(=O)(=O)Nc2nc(C(=O)N3CCc4ccccc4C3)cs2)cc1. The first-order valence-corrected chi connectivity index (χ1v) is 11.3. The number of thiazole rings is 1. The molecule has 7 nitrogen and oxygen atoms in total. The highest BCUT2D eigenvalue weighted by atomic mass is 32.2. The highest BCUT2D eigenvalue weighted by Crippen LogP contribution is 2.24. The van der Waals surface area contributed by atoms with E-state index in [0.717, 1.165) is 23.3 Å². The van der Waals surface area contributed by atoms with Gasteiger partial charge >= 0.3 is 0 Å². The Hall–Kier alpha value is -2.91. The first-order valence-electron chi connectivity index (χ1n) is 8.95. The molecule has 0 fully saturated rings. The molecule has 0 radical (unpaired) electrons. The number of sulfonamides is 1. The predicted molar refractivity (Wildman–Crippen MR) is 111 cm³/mol. The van der Waals surface area contributed by atoms with Crippen LogP contribution in [0.15, 0.2) is 58.8 Å². The molecule has 2 aromatic carbocycles. The number of ether oxygens (including phenoxy) is 1. The number of nitrogens with one attached hydrogen (secondary N) is 1. The van der Waals surface area contributed by atoms with Crippen molar-refractivity contribution in [3.05, 3.63) is 70.7 Å². The van der Waals surface area contributed by atoms with Gasteiger partial charge in [-0.15, -0.1) is 11.3 Å². The number of hydrogen-bond donors (Lipinski definition) is 1. The van der Waals surface area contributed by atoms with Crippen molar-refractivity contribution < 1.29 is 17.9 Å². The molecule has 0 unspecified atom stereocenters. The molecule has 150 valence electrons. The molecule has 0 bridgehead atoms. The van der Waals surface area contributed by atoms with E-state index in [1.165, 1.54) is 24.8 Å². The number of nitrogens with zero attached hydrogens (tertiary/aromatic N) is 2. The van der Waals surface area contributed by atoms with Gasteiger partial charge in [-0.3, -0.25) is 9.52 Å². The standard InChI is InChI=1S/C20H19N3O4S2/c1-27-16-6-8-17(9-7-16)29(25,26)22-20-21-18(13-28-20)19(24)23-11-10-14-4-2-3-5-15(14)12-23/h2-9,13H,10-12H2,1H3,(H,21,22). The van der Waals surface area contributed by atoms with Crippen LogP contribution in [-0.4, -0.2) is 37.9 Å². The van der Waals surface area contributed by atoms with E-state index in [-0.39, 0.29) is 21.6 Å². The number of aromatic nitrogens is 1. The zero-order chi connectivity index (χ0) is 20.4. The van der Waals surface area contributed by atoms with Crippen molar-refractivity contribution in [1.29, 1.82) is 0 Å². The van der Waals surface area contributed by atoms with E-state index >= 15 is 0 Å². The first kappa shape index (κ1) is 19.4. The maximum absolute atomic E-state index is 12.8. The number of carbonyl (C=O) groups is 1. The molecule has 1 aliphatic heterocycles. The van der Waals surface area contributed by atoms with E-state index in [2.05, 4.69) is 15.8 Å². The van der Waals surface area contributed by atoms with Crippen LogP contribution in [0.1, 0.15) is 21.6 Å². The minimum Gasteiger partial charge on any atom is -0.497 e. The summed E-state index contributed by atoms with van der Waals surface area (Å²) >= 11 is 1.08. The van der Waals surface area contributed by atoms with Crippen LogP contribution in [0.4, 0.5) is 5.13 Å². The molecule has 0 aliphatic carbocycles. The Morgan fingerprint density at radius 3 is 2.59 bits per heavy atom. The number of rotatable bonds is 5. The summed E-state index contributed by atoms with van der Waals surface area (Å²) in [5, 5.41) is 1.73. The van der Waals surface area contributed by atoms with Gasteiger partial charge in [0.25, 0.3) is 15.9 Å². The molecule has 0 saturated heterocycles. The Kier molecular flexibility index (Phi) is 5.25. The van der Waals surface area contributed by atoms with Gasteiger partial charge in [-0.1, -0.05) is 24.3 Å². The van der Waals surface area contributed by atoms with Gasteiger partial charge in [0, 0.05) is 18.5 Å². The molecule has 1 aromatic heterocycles. The van der Waals surface area contributed by atoms with Crippen LogP contribution >= 0.6 is 11.3 Å². The van der Waals surface area contributed by atoms with E-state index in [4.69, 9.17) is 4.74 Å². The van der Waals surface area contributed by atoms with E-state index in [1.807, 2.05) is 18.2 Å². The number of carbonyl (C=O) groups excluding carboxylic acids is 1. The molecule has 1 amide bonds. The third-order valence-electron chi connectivity index (χ3n) is 4.73. The largest absolute Gasteiger partial charge is 0.497 e. The fraction of sp³-hybridized carbons (Fsp3) is 0.200. The topological polar surface area (TPSA) is 88.6 Å². The summed E-state index contributed by atoms with van der Waals surface area (Å²) in [7, 11) is -2.29. The molecule has 0 saturated carbocycles. The molecule has 29 heavy (non-hydrogen) atoms. The van der Waals surface area contributed by atoms with Crippen molar-refractivity contribution in [2.75, 3.05) is 18.4 Å². The zero-order valence-corrected chi connectivity index (χ0v) is 17.3. The summed E-state index contributed by atoms with van der Waals surface area (Å²) < 4.78 is 32.6. The number of amides is 1. The highest BCUT2D eigenvalue weighted by molar-refractivity contribution is 7.93. The Morgan fingerprint density at radius 1 is 1.14 bits per heavy atom. The van der Waals surface area contributed by atoms with Gasteiger partial charge in [-0.2, -0.15) is 0 Å². The number of anilines is 1. The maximum atomic E-state index is 12.8. The minimum absolute atomic E-state index is 0.0917. The van der Waals surface area contributed by atoms with Crippen LogP contribution in [-0.2, 0) is 23.0 Å². The Bertz CT molecular complexity index is 1140. The first-order chi connectivity index (χ1) is 14.0. The van der Waals surface area contributed by atoms with Crippen molar-refractivity contribution >= 4 is 32.4 Å². The van der Waals surface area contributed by atoms with Gasteiger partial charge in [0.2, 0.25) is 0 Å². The van der Waals surface area contributed by atoms with E-state index < -0.39 is 10.0 Å². The molecule has 1 N–H and O–H groups in total. The third kappa shape index (κ3) is 4.10. The fourth-order valence-electron chi connectivity index (χ4n) is 3.18. The maximum Gasteiger partial charge on any atom is 0.273 e. The summed E-state index contributed by atoms with van der Waals surface area (Å²) in [6.07, 6.45) is 0.795. The molecular formula is C20H19N3O4S2. The lowest BCUT2D eigenvalue weighted by Gasteiger charge is -2.28. The summed E-state index contributed by atoms with van der Waals surface area (Å²) in [6.45, 7) is 1.14. The fourth-order valence-corrected chi connectivity index (χ4v) is 5.12. The molecule has 9 heteroatoms. The summed E-state index contributed by atoms with van der Waals surface area (Å²) in [4.78, 5) is 18.8. The van der Waals surface area contributed by atoms with E-state index in [0.29, 0.717) is 18.8 Å². The average Bonchev–Trinajstić information content (AvgIpc) is 3.20. The molecule has 4 rings (SSSR count). The summed E-state index contributed by atoms with van der Waals surface area (Å²) in [5.74, 6) is 0.361. The number of methoxy groups -OCH3 is 1. The quantitative estimate of drug-likeness (QED) is 0.673. The molecule has 3 aromatic rings. The number of benzene rings is 2. The minimum atomic E-state index is -3.80. The highest BCUT2D eigenvalue weighted by Gasteiger charge is 2.24. The van der Waals surface area contributed by atoms with Gasteiger partial charge in [0.1, 0.15) is 11.4 Å². The molecule has 2 heterocycles. The van der Waals surface area contributed by atoms with Crippen LogP contribution in [0, 0.1) is 0 Å². The molecule has 0 atom stereocenters. The second-order valence-corrected chi connectivity index (χ2v) is 9.10. The predicted octanol–water partition coefficient (Wildman–Crippen LogP) is 3.15. The van der Waals surface area contributed by atoms with E-state index in [1.54, 1.807) is 22.4 Å². The molecular weight excluding hydrogens is 410 g/mol. The number of hydrogen-bond acceptors (Lipinski definition) is 6. The van der Waals surface area contributed by atoms with Crippen molar-refractivity contribution in [2.24, 2.45) is 0 Å². The Labute approximate surface area is 173 Å². The lowest BCUT2D eigenvalue weighted by Crippen LogP contribution is -2.36. The van der Waals surface area contributed by atoms with Gasteiger partial charge in [-0.05, 0) is 41.8 Å². The van der Waals surface area contributed by atoms with Gasteiger partial charge in [-0.25, -0.2) is 13.4 Å². The molecule has 0 spiro atoms. The van der Waals surface area contributed by atoms with Gasteiger partial charge in [0.15, 0.2) is 5.13 Å². The normalized spacial score (nSPS) is 13.6. The van der Waals surface area contributed by atoms with Crippen LogP contribution in [0.2, 0.25) is 0 Å². The van der Waals surface area contributed by atoms with Crippen molar-refractivity contribution in [1.82, 2.24) is 9.88 Å². The average molecular weight is 430 g/mol. The third-order valence-corrected chi connectivity index (χ3v) is 6.97. The Balaban J connectivity index is 1.47. The lowest BCUT2D eigenvalue weighted by atomic mass is 10.00. The van der Waals surface area contributed by atoms with Crippen LogP contribution in [0.5, 0.6) is 5.75 Å². The smallest absolute Gasteiger partial charge is 0.273 e. The van der Waals surface area contributed by atoms with Crippen LogP contribution < -0.4 is 9.46 Å². The zero-order valence-electron chi connectivity index (χ0n) is 15.7. The van der Waals surface area contributed by atoms with Crippen LogP contribution in [0.3, 0.4) is 0 Å². The second kappa shape index (κ2) is 7.84. The monoisotopic (exact) mass is 429 g/mol. The lowest BCUT2D eigenvalue weighted by molar-refractivity contribution is 0.0729. The Morgan fingerprint density at radius 2 is 1.86 bits per heavy atom. The van der Waals surface area contributed by atoms with Gasteiger partial charge < -0.3 is 9.64 Å². The van der Waals surface area contributed by atoms with Crippen molar-refractivity contribution in [2.45, 2.75) is 17.9 Å². The van der Waals surface area contributed by atoms with E-state index in [9.17, 15) is 13.2 Å². The summed E-state index contributed by atoms with van der Waals surface area (Å²) in [5.41, 5.74) is 2.62. The summed E-state index contributed by atoms with van der Waals surface area (Å²) in [6, 6.07) is 14.1. The second-order valence-electron chi connectivity index (χ2n) is 6.56. The van der Waals surface area contributed by atoms with Gasteiger partial charge in [0.05, 0.1) is 12.0 Å². The van der Waals surface area contributed by atoms with Crippen molar-refractivity contribution in [3.8, 4) is 5.75 Å². The van der Waals surface area contributed by atoms with Crippen LogP contribution in [0.25, 0.3) is 0 Å².